The monoisotopic (exact) mass is 330 g/mol. The Morgan fingerprint density at radius 2 is 2.17 bits per heavy atom. The average molecular weight is 330 g/mol. The van der Waals surface area contributed by atoms with Gasteiger partial charge >= 0.3 is 11.7 Å². The number of rotatable bonds is 4. The molecule has 0 amide bonds. The molecule has 2 aromatic heterocycles. The molecular formula is C14H10N4O4S. The predicted molar refractivity (Wildman–Crippen MR) is 85.1 cm³/mol. The maximum Gasteiger partial charge on any atom is 0.339 e. The summed E-state index contributed by atoms with van der Waals surface area (Å²) in [5.74, 6) is -0.634. The molecule has 0 spiro atoms. The Labute approximate surface area is 133 Å². The van der Waals surface area contributed by atoms with Crippen molar-refractivity contribution in [2.75, 3.05) is 12.4 Å². The number of nitrogens with one attached hydrogen (secondary N) is 1. The van der Waals surface area contributed by atoms with Crippen LogP contribution in [0.3, 0.4) is 0 Å². The third-order valence-electron chi connectivity index (χ3n) is 3.08. The van der Waals surface area contributed by atoms with Gasteiger partial charge in [0.05, 0.1) is 33.3 Å². The van der Waals surface area contributed by atoms with E-state index in [-0.39, 0.29) is 17.1 Å². The van der Waals surface area contributed by atoms with E-state index in [1.54, 1.807) is 11.6 Å². The highest BCUT2D eigenvalue weighted by Crippen LogP contribution is 2.28. The number of pyridine rings is 1. The molecule has 0 fully saturated rings. The van der Waals surface area contributed by atoms with Crippen molar-refractivity contribution in [3.63, 3.8) is 0 Å². The molecule has 0 saturated heterocycles. The molecule has 1 N–H and O–H groups in total. The third-order valence-corrected chi connectivity index (χ3v) is 3.87. The number of hydrogen-bond acceptors (Lipinski definition) is 8. The molecule has 0 aliphatic heterocycles. The van der Waals surface area contributed by atoms with E-state index in [1.807, 2.05) is 12.1 Å². The molecular weight excluding hydrogens is 320 g/mol. The van der Waals surface area contributed by atoms with Gasteiger partial charge in [0.25, 0.3) is 0 Å². The molecule has 0 saturated carbocycles. The number of aromatic nitrogens is 2. The van der Waals surface area contributed by atoms with Crippen molar-refractivity contribution in [1.82, 2.24) is 9.97 Å². The van der Waals surface area contributed by atoms with Crippen LogP contribution in [0.5, 0.6) is 0 Å². The van der Waals surface area contributed by atoms with E-state index in [2.05, 4.69) is 20.0 Å². The predicted octanol–water partition coefficient (Wildman–Crippen LogP) is 3.13. The number of fused-ring (bicyclic) bond motifs is 1. The summed E-state index contributed by atoms with van der Waals surface area (Å²) in [6.07, 6.45) is 1.23. The first-order valence-corrected chi connectivity index (χ1v) is 7.29. The molecule has 8 nitrogen and oxygen atoms in total. The molecule has 3 rings (SSSR count). The van der Waals surface area contributed by atoms with E-state index in [1.165, 1.54) is 24.6 Å². The Bertz CT molecular complexity index is 909. The summed E-state index contributed by atoms with van der Waals surface area (Å²) >= 11 is 1.47. The van der Waals surface area contributed by atoms with Crippen LogP contribution in [0.2, 0.25) is 0 Å². The van der Waals surface area contributed by atoms with E-state index in [9.17, 15) is 14.9 Å². The Balaban J connectivity index is 1.97. The van der Waals surface area contributed by atoms with Crippen LogP contribution in [0.15, 0.2) is 36.0 Å². The van der Waals surface area contributed by atoms with Crippen LogP contribution >= 0.6 is 11.3 Å². The van der Waals surface area contributed by atoms with Gasteiger partial charge in [0.2, 0.25) is 5.82 Å². The fourth-order valence-corrected chi connectivity index (χ4v) is 2.70. The summed E-state index contributed by atoms with van der Waals surface area (Å²) in [6, 6.07) is 6.52. The minimum absolute atomic E-state index is 0.0164. The lowest BCUT2D eigenvalue weighted by Gasteiger charge is -2.07. The van der Waals surface area contributed by atoms with Crippen LogP contribution in [0.25, 0.3) is 10.2 Å². The lowest BCUT2D eigenvalue weighted by Crippen LogP contribution is -2.06. The summed E-state index contributed by atoms with van der Waals surface area (Å²) < 4.78 is 5.49. The van der Waals surface area contributed by atoms with Crippen LogP contribution in [-0.2, 0) is 4.74 Å². The summed E-state index contributed by atoms with van der Waals surface area (Å²) in [7, 11) is 1.20. The van der Waals surface area contributed by atoms with E-state index >= 15 is 0 Å². The second-order valence-corrected chi connectivity index (χ2v) is 5.39. The van der Waals surface area contributed by atoms with Gasteiger partial charge in [0.1, 0.15) is 0 Å². The van der Waals surface area contributed by atoms with Gasteiger partial charge in [-0.25, -0.2) is 14.8 Å². The highest BCUT2D eigenvalue weighted by molar-refractivity contribution is 7.16. The standard InChI is InChI=1S/C14H10N4O4S/c1-22-14(19)8-4-11(18(20)21)13(15-6-8)17-9-2-3-10-12(5-9)23-7-16-10/h2-7H,1H3,(H,15,17). The van der Waals surface area contributed by atoms with E-state index in [0.29, 0.717) is 5.69 Å². The SMILES string of the molecule is COC(=O)c1cnc(Nc2ccc3ncsc3c2)c([N+](=O)[O-])c1. The molecule has 0 aliphatic rings. The maximum atomic E-state index is 11.5. The molecule has 0 aliphatic carbocycles. The summed E-state index contributed by atoms with van der Waals surface area (Å²) in [6.45, 7) is 0. The first kappa shape index (κ1) is 14.9. The highest BCUT2D eigenvalue weighted by atomic mass is 32.1. The Morgan fingerprint density at radius 1 is 1.35 bits per heavy atom. The molecule has 0 radical (unpaired) electrons. The fourth-order valence-electron chi connectivity index (χ4n) is 1.99. The van der Waals surface area contributed by atoms with Gasteiger partial charge in [-0.3, -0.25) is 10.1 Å². The Morgan fingerprint density at radius 3 is 2.91 bits per heavy atom. The number of hydrogen-bond donors (Lipinski definition) is 1. The van der Waals surface area contributed by atoms with Crippen molar-refractivity contribution < 1.29 is 14.5 Å². The second-order valence-electron chi connectivity index (χ2n) is 4.50. The smallest absolute Gasteiger partial charge is 0.339 e. The largest absolute Gasteiger partial charge is 0.465 e. The van der Waals surface area contributed by atoms with E-state index < -0.39 is 10.9 Å². The summed E-state index contributed by atoms with van der Waals surface area (Å²) in [5, 5.41) is 14.1. The van der Waals surface area contributed by atoms with Gasteiger partial charge in [-0.2, -0.15) is 0 Å². The number of benzene rings is 1. The molecule has 0 bridgehead atoms. The van der Waals surface area contributed by atoms with Gasteiger partial charge < -0.3 is 10.1 Å². The Hall–Kier alpha value is -3.07. The summed E-state index contributed by atoms with van der Waals surface area (Å²) in [5.41, 5.74) is 2.92. The number of esters is 1. The van der Waals surface area contributed by atoms with Gasteiger partial charge in [0.15, 0.2) is 0 Å². The molecule has 116 valence electrons. The van der Waals surface area contributed by atoms with Gasteiger partial charge in [-0.15, -0.1) is 11.3 Å². The number of thiazole rings is 1. The number of nitro groups is 1. The topological polar surface area (TPSA) is 107 Å². The van der Waals surface area contributed by atoms with Crippen molar-refractivity contribution in [3.8, 4) is 0 Å². The van der Waals surface area contributed by atoms with E-state index in [4.69, 9.17) is 0 Å². The molecule has 0 unspecified atom stereocenters. The number of anilines is 2. The van der Waals surface area contributed by atoms with Crippen LogP contribution in [0.4, 0.5) is 17.2 Å². The molecule has 9 heteroatoms. The minimum atomic E-state index is -0.682. The molecule has 2 heterocycles. The van der Waals surface area contributed by atoms with E-state index in [0.717, 1.165) is 16.3 Å². The zero-order chi connectivity index (χ0) is 16.4. The normalized spacial score (nSPS) is 10.5. The minimum Gasteiger partial charge on any atom is -0.465 e. The number of methoxy groups -OCH3 is 1. The van der Waals surface area contributed by atoms with Crippen LogP contribution in [0, 0.1) is 10.1 Å². The number of carbonyl (C=O) groups excluding carboxylic acids is 1. The maximum absolute atomic E-state index is 11.5. The van der Waals surface area contributed by atoms with Crippen molar-refractivity contribution in [1.29, 1.82) is 0 Å². The quantitative estimate of drug-likeness (QED) is 0.445. The second kappa shape index (κ2) is 5.97. The lowest BCUT2D eigenvalue weighted by atomic mass is 10.2. The molecule has 23 heavy (non-hydrogen) atoms. The van der Waals surface area contributed by atoms with Crippen LogP contribution < -0.4 is 5.32 Å². The third kappa shape index (κ3) is 2.94. The average Bonchev–Trinajstić information content (AvgIpc) is 3.02. The zero-order valence-corrected chi connectivity index (χ0v) is 12.7. The summed E-state index contributed by atoms with van der Waals surface area (Å²) in [4.78, 5) is 30.2. The van der Waals surface area contributed by atoms with Crippen molar-refractivity contribution in [2.45, 2.75) is 0 Å². The van der Waals surface area contributed by atoms with Crippen LogP contribution in [0.1, 0.15) is 10.4 Å². The molecule has 0 atom stereocenters. The highest BCUT2D eigenvalue weighted by Gasteiger charge is 2.19. The number of carbonyl (C=O) groups is 1. The van der Waals surface area contributed by atoms with Gasteiger partial charge in [-0.1, -0.05) is 0 Å². The zero-order valence-electron chi connectivity index (χ0n) is 11.8. The van der Waals surface area contributed by atoms with Gasteiger partial charge in [0, 0.05) is 18.0 Å². The fraction of sp³-hybridized carbons (Fsp3) is 0.0714. The van der Waals surface area contributed by atoms with Crippen molar-refractivity contribution >= 4 is 44.7 Å². The van der Waals surface area contributed by atoms with Crippen molar-refractivity contribution in [2.24, 2.45) is 0 Å². The van der Waals surface area contributed by atoms with Gasteiger partial charge in [-0.05, 0) is 18.2 Å². The Kier molecular flexibility index (Phi) is 3.85. The number of nitrogens with zero attached hydrogens (tertiary/aromatic N) is 3. The first-order valence-electron chi connectivity index (χ1n) is 6.41. The molecule has 1 aromatic carbocycles. The van der Waals surface area contributed by atoms with Crippen molar-refractivity contribution in [3.05, 3.63) is 51.7 Å². The lowest BCUT2D eigenvalue weighted by molar-refractivity contribution is -0.384. The molecule has 3 aromatic rings. The number of ether oxygens (including phenoxy) is 1. The first-order chi connectivity index (χ1) is 11.1. The van der Waals surface area contributed by atoms with Crippen LogP contribution in [-0.4, -0.2) is 28.0 Å².